The number of allylic oxidation sites excluding steroid dienone is 3. The molecule has 15 nitrogen and oxygen atoms in total. The lowest BCUT2D eigenvalue weighted by molar-refractivity contribution is -0.302. The first-order chi connectivity index (χ1) is 33.3. The molecule has 70 heavy (non-hydrogen) atoms. The topological polar surface area (TPSA) is 196 Å². The number of cyclic esters (lactones) is 1. The van der Waals surface area contributed by atoms with Gasteiger partial charge in [0.1, 0.15) is 48.1 Å². The van der Waals surface area contributed by atoms with Crippen LogP contribution in [0.5, 0.6) is 0 Å². The van der Waals surface area contributed by atoms with Crippen LogP contribution in [0.15, 0.2) is 47.7 Å². The van der Waals surface area contributed by atoms with Crippen LogP contribution in [0.4, 0.5) is 8.78 Å². The first-order valence-electron chi connectivity index (χ1n) is 25.0. The summed E-state index contributed by atoms with van der Waals surface area (Å²) in [5.74, 6) is -8.79. The van der Waals surface area contributed by atoms with Gasteiger partial charge in [-0.25, -0.2) is 18.6 Å². The van der Waals surface area contributed by atoms with Crippen LogP contribution in [0, 0.1) is 41.2 Å². The van der Waals surface area contributed by atoms with Crippen molar-refractivity contribution in [2.45, 2.75) is 173 Å². The molecule has 1 amide bonds. The number of carbonyl (C=O) groups is 4. The van der Waals surface area contributed by atoms with Crippen LogP contribution in [-0.2, 0) is 54.2 Å². The zero-order valence-electron chi connectivity index (χ0n) is 42.3. The van der Waals surface area contributed by atoms with Gasteiger partial charge < -0.3 is 48.5 Å². The number of nitrogens with zero attached hydrogens (tertiary/aromatic N) is 2. The van der Waals surface area contributed by atoms with Gasteiger partial charge in [0, 0.05) is 63.7 Å². The molecule has 4 aliphatic rings. The Kier molecular flexibility index (Phi) is 19.3. The second kappa shape index (κ2) is 24.5. The smallest absolute Gasteiger partial charge is 0.329 e. The van der Waals surface area contributed by atoms with Crippen LogP contribution in [0.3, 0.4) is 0 Å². The molecular formula is C53H75F2N3O12. The molecule has 1 aromatic heterocycles. The summed E-state index contributed by atoms with van der Waals surface area (Å²) in [6, 6.07) is 2.06. The number of methoxy groups -OCH3 is 3. The Morgan fingerprint density at radius 2 is 1.61 bits per heavy atom. The lowest BCUT2D eigenvalue weighted by Crippen LogP contribution is -2.64. The van der Waals surface area contributed by atoms with E-state index in [9.17, 15) is 38.2 Å². The number of carbonyl (C=O) groups excluding carboxylic acids is 4. The number of ketones is 2. The zero-order chi connectivity index (χ0) is 51.0. The van der Waals surface area contributed by atoms with Crippen molar-refractivity contribution in [1.29, 1.82) is 0 Å². The number of aliphatic hydroxyl groups excluding tert-OH is 1. The number of rotatable bonds is 10. The maximum atomic E-state index is 14.6. The van der Waals surface area contributed by atoms with Crippen LogP contribution in [0.1, 0.15) is 118 Å². The predicted molar refractivity (Wildman–Crippen MR) is 255 cm³/mol. The standard InChI is InChI=1S/C53H75F2N3O12/c1-10-35-18-29(2)17-30(3)19-45(66-8)49-46(67-9)21-32(5)53(64,70-49)50(61)51(62)58-16-12-11-13-40(58)52(63)69-48(33(6)41(59)26-42(35)60)31(4)20-34-14-15-43(44(22-34)65-7)68-28-47-56-27-39(57-47)36-23-37(54)25-38(55)24-36/h18,20,23-25,27,30,32-35,40-41,43-46,48-49,59,64H,10-17,19,21-22,26,28H2,1-9H3,(H,56,57)/b29-18+,31-20+/t30-,32+,33+,34-,35+,40-,41-,43+,44+,45-,46-,48+,49+,53+/m0/s1. The molecule has 6 rings (SSSR count). The number of fused-ring (bicyclic) bond motifs is 3. The van der Waals surface area contributed by atoms with Crippen molar-refractivity contribution in [1.82, 2.24) is 14.9 Å². The van der Waals surface area contributed by atoms with E-state index in [2.05, 4.69) is 9.97 Å². The molecule has 14 atom stereocenters. The van der Waals surface area contributed by atoms with Gasteiger partial charge in [-0.3, -0.25) is 14.4 Å². The van der Waals surface area contributed by atoms with Crippen molar-refractivity contribution in [2.24, 2.45) is 29.6 Å². The number of benzene rings is 1. The molecule has 0 radical (unpaired) electrons. The average Bonchev–Trinajstić information content (AvgIpc) is 3.82. The zero-order valence-corrected chi connectivity index (χ0v) is 42.3. The Balaban J connectivity index is 1.26. The SMILES string of the molecule is CC[C@@H]1/C=C(\C)C[C@H](C)C[C@H](OC)[C@H]2O[C@@](O)(C(=O)C(=O)N3CCCC[C@H]3C(=O)O[C@H](/C(C)=C/[C@@H]3CC[C@@H](OCc4ncc(-c5cc(F)cc(F)c5)[nH]4)[C@H](OC)C3)[C@H](C)[C@@H](O)CC1=O)[C@H](C)C[C@@H]2OC. The van der Waals surface area contributed by atoms with E-state index in [0.29, 0.717) is 74.0 Å². The molecular weight excluding hydrogens is 909 g/mol. The van der Waals surface area contributed by atoms with E-state index in [4.69, 9.17) is 28.4 Å². The Morgan fingerprint density at radius 1 is 0.929 bits per heavy atom. The number of hydrogen-bond acceptors (Lipinski definition) is 13. The first-order valence-corrected chi connectivity index (χ1v) is 25.0. The molecule has 4 heterocycles. The minimum Gasteiger partial charge on any atom is -0.456 e. The van der Waals surface area contributed by atoms with Gasteiger partial charge in [0.2, 0.25) is 5.79 Å². The number of aliphatic hydroxyl groups is 2. The quantitative estimate of drug-likeness (QED) is 0.121. The van der Waals surface area contributed by atoms with Crippen molar-refractivity contribution < 1.29 is 66.6 Å². The molecule has 0 spiro atoms. The fourth-order valence-electron chi connectivity index (χ4n) is 11.0. The van der Waals surface area contributed by atoms with Gasteiger partial charge in [-0.1, -0.05) is 45.4 Å². The van der Waals surface area contributed by atoms with Crippen LogP contribution in [-0.4, -0.2) is 131 Å². The molecule has 3 N–H and O–H groups in total. The van der Waals surface area contributed by atoms with Gasteiger partial charge in [-0.15, -0.1) is 0 Å². The molecule has 2 saturated heterocycles. The highest BCUT2D eigenvalue weighted by Crippen LogP contribution is 2.40. The molecule has 17 heteroatoms. The number of piperidine rings is 1. The number of amides is 1. The van der Waals surface area contributed by atoms with Gasteiger partial charge in [-0.05, 0) is 108 Å². The molecule has 1 aromatic carbocycles. The highest BCUT2D eigenvalue weighted by atomic mass is 19.1. The van der Waals surface area contributed by atoms with Crippen molar-refractivity contribution in [3.8, 4) is 11.3 Å². The summed E-state index contributed by atoms with van der Waals surface area (Å²) in [5.41, 5.74) is 2.37. The summed E-state index contributed by atoms with van der Waals surface area (Å²) < 4.78 is 64.4. The van der Waals surface area contributed by atoms with E-state index in [1.165, 1.54) is 37.4 Å². The van der Waals surface area contributed by atoms with Gasteiger partial charge in [0.15, 0.2) is 0 Å². The van der Waals surface area contributed by atoms with E-state index in [1.54, 1.807) is 21.0 Å². The molecule has 1 aliphatic carbocycles. The number of ether oxygens (including phenoxy) is 6. The van der Waals surface area contributed by atoms with E-state index in [0.717, 1.165) is 11.6 Å². The minimum atomic E-state index is -2.54. The van der Waals surface area contributed by atoms with Crippen LogP contribution in [0.25, 0.3) is 11.3 Å². The number of imidazole rings is 1. The Morgan fingerprint density at radius 3 is 2.29 bits per heavy atom. The fraction of sp³-hybridized carbons (Fsp3) is 0.679. The van der Waals surface area contributed by atoms with Crippen molar-refractivity contribution >= 4 is 23.4 Å². The summed E-state index contributed by atoms with van der Waals surface area (Å²) in [7, 11) is 4.65. The number of hydrogen-bond donors (Lipinski definition) is 3. The summed E-state index contributed by atoms with van der Waals surface area (Å²) in [5, 5.41) is 24.0. The summed E-state index contributed by atoms with van der Waals surface area (Å²) in [4.78, 5) is 65.9. The maximum Gasteiger partial charge on any atom is 0.329 e. The van der Waals surface area contributed by atoms with Crippen LogP contribution >= 0.6 is 0 Å². The van der Waals surface area contributed by atoms with Gasteiger partial charge in [0.25, 0.3) is 11.7 Å². The molecule has 3 fully saturated rings. The van der Waals surface area contributed by atoms with Gasteiger partial charge in [-0.2, -0.15) is 0 Å². The Bertz CT molecular complexity index is 2180. The van der Waals surface area contributed by atoms with Crippen LogP contribution < -0.4 is 0 Å². The third-order valence-electron chi connectivity index (χ3n) is 15.1. The number of nitrogens with one attached hydrogen (secondary N) is 1. The lowest BCUT2D eigenvalue weighted by atomic mass is 9.81. The highest BCUT2D eigenvalue weighted by molar-refractivity contribution is 6.39. The Hall–Kier alpha value is -4.23. The third-order valence-corrected chi connectivity index (χ3v) is 15.1. The van der Waals surface area contributed by atoms with Crippen molar-refractivity contribution in [2.75, 3.05) is 27.9 Å². The predicted octanol–water partition coefficient (Wildman–Crippen LogP) is 7.37. The number of Topliss-reactive ketones (excluding diaryl/α,β-unsaturated/α-hetero) is 2. The van der Waals surface area contributed by atoms with E-state index in [1.807, 2.05) is 39.8 Å². The summed E-state index contributed by atoms with van der Waals surface area (Å²) in [6.07, 6.45) is 5.08. The highest BCUT2D eigenvalue weighted by Gasteiger charge is 2.56. The van der Waals surface area contributed by atoms with Gasteiger partial charge in [0.05, 0.1) is 42.4 Å². The second-order valence-corrected chi connectivity index (χ2v) is 20.3. The molecule has 1 saturated carbocycles. The Labute approximate surface area is 411 Å². The monoisotopic (exact) mass is 984 g/mol. The van der Waals surface area contributed by atoms with Gasteiger partial charge >= 0.3 is 5.97 Å². The number of aromatic amines is 1. The summed E-state index contributed by atoms with van der Waals surface area (Å²) >= 11 is 0. The van der Waals surface area contributed by atoms with Crippen LogP contribution in [0.2, 0.25) is 0 Å². The first kappa shape index (κ1) is 55.1. The number of esters is 1. The fourth-order valence-corrected chi connectivity index (χ4v) is 11.0. The normalized spacial score (nSPS) is 35.6. The van der Waals surface area contributed by atoms with E-state index in [-0.39, 0.29) is 62.2 Å². The molecule has 0 unspecified atom stereocenters. The second-order valence-electron chi connectivity index (χ2n) is 20.3. The van der Waals surface area contributed by atoms with Crippen molar-refractivity contribution in [3.05, 3.63) is 65.2 Å². The molecule has 3 aliphatic heterocycles. The third kappa shape index (κ3) is 13.0. The lowest BCUT2D eigenvalue weighted by Gasteiger charge is -2.47. The molecule has 2 aromatic rings. The van der Waals surface area contributed by atoms with E-state index >= 15 is 0 Å². The largest absolute Gasteiger partial charge is 0.456 e. The summed E-state index contributed by atoms with van der Waals surface area (Å²) in [6.45, 7) is 11.3. The number of halogens is 2. The minimum absolute atomic E-state index is 0.00702. The molecule has 388 valence electrons. The number of aromatic nitrogens is 2. The van der Waals surface area contributed by atoms with Crippen molar-refractivity contribution in [3.63, 3.8) is 0 Å². The average molecular weight is 984 g/mol. The van der Waals surface area contributed by atoms with E-state index < -0.39 is 89.4 Å². The molecule has 2 bridgehead atoms. The maximum absolute atomic E-state index is 14.6. The number of H-pyrrole nitrogens is 1.